The number of esters is 2. The van der Waals surface area contributed by atoms with Crippen molar-refractivity contribution >= 4 is 11.9 Å². The number of aromatic amines is 1. The lowest BCUT2D eigenvalue weighted by atomic mass is 10.1. The molecule has 1 N–H and O–H groups in total. The molecule has 2 rings (SSSR count). The summed E-state index contributed by atoms with van der Waals surface area (Å²) >= 11 is 0. The first kappa shape index (κ1) is 17.6. The van der Waals surface area contributed by atoms with Gasteiger partial charge in [0.1, 0.15) is 5.56 Å². The predicted octanol–water partition coefficient (Wildman–Crippen LogP) is 2.97. The third kappa shape index (κ3) is 3.76. The summed E-state index contributed by atoms with van der Waals surface area (Å²) in [4.78, 5) is 27.5. The Balaban J connectivity index is 2.50. The zero-order valence-corrected chi connectivity index (χ0v) is 14.0. The minimum absolute atomic E-state index is 0.119. The van der Waals surface area contributed by atoms with E-state index < -0.39 is 11.9 Å². The van der Waals surface area contributed by atoms with Crippen molar-refractivity contribution < 1.29 is 23.8 Å². The van der Waals surface area contributed by atoms with Crippen LogP contribution >= 0.6 is 0 Å². The van der Waals surface area contributed by atoms with Crippen LogP contribution in [0.5, 0.6) is 5.75 Å². The largest absolute Gasteiger partial charge is 0.493 e. The van der Waals surface area contributed by atoms with Gasteiger partial charge in [-0.15, -0.1) is 0 Å². The zero-order valence-electron chi connectivity index (χ0n) is 14.0. The molecule has 0 saturated heterocycles. The summed E-state index contributed by atoms with van der Waals surface area (Å²) in [6.45, 7) is 3.89. The molecule has 0 spiro atoms. The van der Waals surface area contributed by atoms with Crippen molar-refractivity contribution in [3.05, 3.63) is 52.8 Å². The van der Waals surface area contributed by atoms with E-state index in [2.05, 4.69) is 4.98 Å². The molecule has 128 valence electrons. The van der Waals surface area contributed by atoms with Gasteiger partial charge < -0.3 is 19.2 Å². The molecular formula is C18H21NO5. The Hall–Kier alpha value is -2.76. The minimum atomic E-state index is -0.570. The molecule has 6 nitrogen and oxygen atoms in total. The second-order valence-corrected chi connectivity index (χ2v) is 4.99. The summed E-state index contributed by atoms with van der Waals surface area (Å²) in [6.07, 6.45) is 0.435. The molecule has 6 heteroatoms. The molecule has 1 aromatic carbocycles. The van der Waals surface area contributed by atoms with Crippen LogP contribution < -0.4 is 4.74 Å². The van der Waals surface area contributed by atoms with Gasteiger partial charge in [-0.25, -0.2) is 9.59 Å². The molecule has 0 aliphatic rings. The highest BCUT2D eigenvalue weighted by atomic mass is 16.5. The lowest BCUT2D eigenvalue weighted by Crippen LogP contribution is -2.09. The number of ether oxygens (including phenoxy) is 3. The first-order chi connectivity index (χ1) is 11.6. The van der Waals surface area contributed by atoms with Crippen LogP contribution in [0.2, 0.25) is 0 Å². The van der Waals surface area contributed by atoms with Crippen LogP contribution in [0.25, 0.3) is 0 Å². The molecule has 0 fully saturated rings. The van der Waals surface area contributed by atoms with Gasteiger partial charge in [-0.05, 0) is 19.4 Å². The highest BCUT2D eigenvalue weighted by Gasteiger charge is 2.29. The highest BCUT2D eigenvalue weighted by Crippen LogP contribution is 2.30. The Morgan fingerprint density at radius 2 is 1.62 bits per heavy atom. The fourth-order valence-corrected chi connectivity index (χ4v) is 2.44. The molecular weight excluding hydrogens is 310 g/mol. The topological polar surface area (TPSA) is 77.6 Å². The van der Waals surface area contributed by atoms with Crippen molar-refractivity contribution in [2.75, 3.05) is 20.3 Å². The quantitative estimate of drug-likeness (QED) is 0.789. The van der Waals surface area contributed by atoms with Crippen LogP contribution in [0.1, 0.15) is 46.0 Å². The first-order valence-electron chi connectivity index (χ1n) is 7.79. The normalized spacial score (nSPS) is 10.3. The predicted molar refractivity (Wildman–Crippen MR) is 88.5 cm³/mol. The molecule has 0 aliphatic heterocycles. The molecule has 0 saturated carbocycles. The van der Waals surface area contributed by atoms with E-state index in [1.54, 1.807) is 13.8 Å². The SMILES string of the molecule is CCOC(=O)c1[nH]c(Cc2ccccc2)c(C(=O)OCC)c1OC. The van der Waals surface area contributed by atoms with E-state index in [-0.39, 0.29) is 30.2 Å². The number of rotatable bonds is 7. The third-order valence-corrected chi connectivity index (χ3v) is 3.42. The number of nitrogens with one attached hydrogen (secondary N) is 1. The van der Waals surface area contributed by atoms with Gasteiger partial charge in [0.05, 0.1) is 20.3 Å². The van der Waals surface area contributed by atoms with E-state index in [1.165, 1.54) is 7.11 Å². The van der Waals surface area contributed by atoms with Crippen LogP contribution in [-0.4, -0.2) is 37.2 Å². The number of H-pyrrole nitrogens is 1. The van der Waals surface area contributed by atoms with Gasteiger partial charge in [0, 0.05) is 12.1 Å². The molecule has 0 atom stereocenters. The Morgan fingerprint density at radius 3 is 2.21 bits per heavy atom. The summed E-state index contributed by atoms with van der Waals surface area (Å²) in [6, 6.07) is 9.60. The van der Waals surface area contributed by atoms with Crippen molar-refractivity contribution in [3.8, 4) is 5.75 Å². The molecule has 24 heavy (non-hydrogen) atoms. The standard InChI is InChI=1S/C18H21NO5/c1-4-23-17(20)14-13(11-12-9-7-6-8-10-12)19-15(16(14)22-3)18(21)24-5-2/h6-10,19H,4-5,11H2,1-3H3. The number of hydrogen-bond donors (Lipinski definition) is 1. The molecule has 1 aromatic heterocycles. The molecule has 0 radical (unpaired) electrons. The maximum Gasteiger partial charge on any atom is 0.358 e. The second-order valence-electron chi connectivity index (χ2n) is 4.99. The van der Waals surface area contributed by atoms with Crippen LogP contribution in [-0.2, 0) is 15.9 Å². The van der Waals surface area contributed by atoms with Gasteiger partial charge in [-0.2, -0.15) is 0 Å². The Labute approximate surface area is 140 Å². The Bertz CT molecular complexity index is 706. The molecule has 0 bridgehead atoms. The van der Waals surface area contributed by atoms with Gasteiger partial charge in [0.15, 0.2) is 11.4 Å². The summed E-state index contributed by atoms with van der Waals surface area (Å²) in [5.41, 5.74) is 1.89. The maximum atomic E-state index is 12.4. The first-order valence-corrected chi connectivity index (χ1v) is 7.79. The van der Waals surface area contributed by atoms with Gasteiger partial charge in [0.2, 0.25) is 0 Å². The monoisotopic (exact) mass is 331 g/mol. The average molecular weight is 331 g/mol. The van der Waals surface area contributed by atoms with Crippen molar-refractivity contribution in [3.63, 3.8) is 0 Å². The number of aromatic nitrogens is 1. The molecule has 2 aromatic rings. The number of carbonyl (C=O) groups excluding carboxylic acids is 2. The Kier molecular flexibility index (Phi) is 6.01. The number of methoxy groups -OCH3 is 1. The van der Waals surface area contributed by atoms with Crippen LogP contribution in [0.3, 0.4) is 0 Å². The van der Waals surface area contributed by atoms with E-state index >= 15 is 0 Å². The summed E-state index contributed by atoms with van der Waals surface area (Å²) in [5.74, 6) is -0.955. The number of hydrogen-bond acceptors (Lipinski definition) is 5. The van der Waals surface area contributed by atoms with E-state index in [4.69, 9.17) is 14.2 Å². The number of benzene rings is 1. The fourth-order valence-electron chi connectivity index (χ4n) is 2.44. The summed E-state index contributed by atoms with van der Waals surface area (Å²) < 4.78 is 15.4. The second kappa shape index (κ2) is 8.19. The molecule has 0 amide bonds. The van der Waals surface area contributed by atoms with Crippen molar-refractivity contribution in [1.29, 1.82) is 0 Å². The Morgan fingerprint density at radius 1 is 1.00 bits per heavy atom. The molecule has 0 unspecified atom stereocenters. The smallest absolute Gasteiger partial charge is 0.358 e. The van der Waals surface area contributed by atoms with Crippen LogP contribution in [0, 0.1) is 0 Å². The zero-order chi connectivity index (χ0) is 17.5. The maximum absolute atomic E-state index is 12.4. The number of carbonyl (C=O) groups is 2. The molecule has 0 aliphatic carbocycles. The van der Waals surface area contributed by atoms with E-state index in [0.29, 0.717) is 12.1 Å². The fraction of sp³-hybridized carbons (Fsp3) is 0.333. The van der Waals surface area contributed by atoms with E-state index in [9.17, 15) is 9.59 Å². The summed E-state index contributed by atoms with van der Waals surface area (Å²) in [7, 11) is 1.40. The van der Waals surface area contributed by atoms with Gasteiger partial charge in [0.25, 0.3) is 0 Å². The van der Waals surface area contributed by atoms with Gasteiger partial charge in [-0.3, -0.25) is 0 Å². The van der Waals surface area contributed by atoms with Crippen molar-refractivity contribution in [2.24, 2.45) is 0 Å². The van der Waals surface area contributed by atoms with Crippen LogP contribution in [0.4, 0.5) is 0 Å². The van der Waals surface area contributed by atoms with E-state index in [1.807, 2.05) is 30.3 Å². The third-order valence-electron chi connectivity index (χ3n) is 3.42. The van der Waals surface area contributed by atoms with Gasteiger partial charge in [-0.1, -0.05) is 30.3 Å². The minimum Gasteiger partial charge on any atom is -0.493 e. The lowest BCUT2D eigenvalue weighted by Gasteiger charge is -2.07. The van der Waals surface area contributed by atoms with Gasteiger partial charge >= 0.3 is 11.9 Å². The van der Waals surface area contributed by atoms with Crippen molar-refractivity contribution in [1.82, 2.24) is 4.98 Å². The van der Waals surface area contributed by atoms with E-state index in [0.717, 1.165) is 5.56 Å². The molecule has 1 heterocycles. The average Bonchev–Trinajstić information content (AvgIpc) is 2.94. The summed E-state index contributed by atoms with van der Waals surface area (Å²) in [5, 5.41) is 0. The lowest BCUT2D eigenvalue weighted by molar-refractivity contribution is 0.0516. The highest BCUT2D eigenvalue weighted by molar-refractivity contribution is 6.01. The van der Waals surface area contributed by atoms with Crippen molar-refractivity contribution in [2.45, 2.75) is 20.3 Å². The van der Waals surface area contributed by atoms with Crippen LogP contribution in [0.15, 0.2) is 30.3 Å².